The highest BCUT2D eigenvalue weighted by Gasteiger charge is 2.42. The third-order valence-electron chi connectivity index (χ3n) is 2.04. The van der Waals surface area contributed by atoms with Crippen LogP contribution in [0, 0.1) is 6.92 Å². The number of rotatable bonds is 2. The summed E-state index contributed by atoms with van der Waals surface area (Å²) >= 11 is 0. The van der Waals surface area contributed by atoms with Gasteiger partial charge in [-0.05, 0) is 12.5 Å². The lowest BCUT2D eigenvalue weighted by Gasteiger charge is -2.18. The molecule has 0 aromatic carbocycles. The summed E-state index contributed by atoms with van der Waals surface area (Å²) in [6, 6.07) is 0. The van der Waals surface area contributed by atoms with E-state index >= 15 is 0 Å². The molecule has 0 fully saturated rings. The molecule has 0 aliphatic carbocycles. The maximum absolute atomic E-state index is 12.5. The van der Waals surface area contributed by atoms with Crippen LogP contribution in [0.1, 0.15) is 16.8 Å². The van der Waals surface area contributed by atoms with Crippen molar-refractivity contribution in [2.45, 2.75) is 26.0 Å². The Labute approximate surface area is 97.6 Å². The van der Waals surface area contributed by atoms with Crippen LogP contribution < -0.4 is 10.5 Å². The summed E-state index contributed by atoms with van der Waals surface area (Å²) in [4.78, 5) is 2.94. The fourth-order valence-electron chi connectivity index (χ4n) is 1.30. The van der Waals surface area contributed by atoms with Crippen LogP contribution in [0.2, 0.25) is 0 Å². The van der Waals surface area contributed by atoms with Crippen LogP contribution in [0.4, 0.5) is 26.3 Å². The smallest absolute Gasteiger partial charge is 0.403 e. The molecule has 18 heavy (non-hydrogen) atoms. The van der Waals surface area contributed by atoms with E-state index in [1.807, 2.05) is 0 Å². The van der Waals surface area contributed by atoms with Crippen molar-refractivity contribution in [3.8, 4) is 5.75 Å². The first-order valence-corrected chi connectivity index (χ1v) is 4.57. The van der Waals surface area contributed by atoms with E-state index in [0.717, 1.165) is 6.20 Å². The molecule has 1 heterocycles. The first kappa shape index (κ1) is 14.6. The molecule has 1 rings (SSSR count). The maximum Gasteiger partial charge on any atom is 0.573 e. The molecule has 0 atom stereocenters. The van der Waals surface area contributed by atoms with E-state index < -0.39 is 30.5 Å². The average molecular weight is 274 g/mol. The number of aryl methyl sites for hydroxylation is 1. The van der Waals surface area contributed by atoms with Gasteiger partial charge in [0.05, 0.1) is 0 Å². The first-order chi connectivity index (χ1) is 8.06. The molecular formula is C9H8F6N2O. The highest BCUT2D eigenvalue weighted by atomic mass is 19.4. The van der Waals surface area contributed by atoms with Gasteiger partial charge in [0.15, 0.2) is 11.4 Å². The molecule has 102 valence electrons. The van der Waals surface area contributed by atoms with Crippen molar-refractivity contribution in [3.05, 3.63) is 23.0 Å². The number of halogens is 6. The highest BCUT2D eigenvalue weighted by molar-refractivity contribution is 5.43. The molecule has 0 amide bonds. The molecule has 0 saturated carbocycles. The van der Waals surface area contributed by atoms with E-state index in [9.17, 15) is 26.3 Å². The Hall–Kier alpha value is -1.51. The summed E-state index contributed by atoms with van der Waals surface area (Å²) in [5.74, 6) is -1.39. The van der Waals surface area contributed by atoms with Crippen LogP contribution >= 0.6 is 0 Å². The Morgan fingerprint density at radius 1 is 1.22 bits per heavy atom. The third-order valence-corrected chi connectivity index (χ3v) is 2.04. The standard InChI is InChI=1S/C9H8F6N2O/c1-4-3-17-7(8(10,11)12)6(5(4)2-16)18-9(13,14)15/h3H,2,16H2,1H3. The Kier molecular flexibility index (Phi) is 3.75. The van der Waals surface area contributed by atoms with Crippen LogP contribution in [0.25, 0.3) is 0 Å². The van der Waals surface area contributed by atoms with E-state index in [2.05, 4.69) is 9.72 Å². The average Bonchev–Trinajstić information content (AvgIpc) is 2.13. The summed E-state index contributed by atoms with van der Waals surface area (Å²) < 4.78 is 77.3. The fourth-order valence-corrected chi connectivity index (χ4v) is 1.30. The van der Waals surface area contributed by atoms with Gasteiger partial charge in [-0.3, -0.25) is 0 Å². The normalized spacial score (nSPS) is 12.7. The predicted molar refractivity (Wildman–Crippen MR) is 48.6 cm³/mol. The minimum absolute atomic E-state index is 0.0877. The van der Waals surface area contributed by atoms with Crippen LogP contribution in [0.15, 0.2) is 6.20 Å². The van der Waals surface area contributed by atoms with E-state index in [1.165, 1.54) is 6.92 Å². The number of aromatic nitrogens is 1. The quantitative estimate of drug-likeness (QED) is 0.843. The van der Waals surface area contributed by atoms with Crippen molar-refractivity contribution >= 4 is 0 Å². The van der Waals surface area contributed by atoms with Gasteiger partial charge in [-0.1, -0.05) is 0 Å². The lowest BCUT2D eigenvalue weighted by Crippen LogP contribution is -2.23. The second kappa shape index (κ2) is 4.63. The Morgan fingerprint density at radius 3 is 2.17 bits per heavy atom. The van der Waals surface area contributed by atoms with Gasteiger partial charge in [-0.15, -0.1) is 13.2 Å². The number of nitrogens with zero attached hydrogens (tertiary/aromatic N) is 1. The number of ether oxygens (including phenoxy) is 1. The topological polar surface area (TPSA) is 48.1 Å². The highest BCUT2D eigenvalue weighted by Crippen LogP contribution is 2.39. The monoisotopic (exact) mass is 274 g/mol. The molecule has 0 unspecified atom stereocenters. The van der Waals surface area contributed by atoms with Gasteiger partial charge in [0.2, 0.25) is 0 Å². The molecule has 0 spiro atoms. The van der Waals surface area contributed by atoms with Gasteiger partial charge in [0.25, 0.3) is 0 Å². The molecule has 2 N–H and O–H groups in total. The van der Waals surface area contributed by atoms with Crippen LogP contribution in [0.5, 0.6) is 5.75 Å². The summed E-state index contributed by atoms with van der Waals surface area (Å²) in [6.07, 6.45) is -9.51. The van der Waals surface area contributed by atoms with Gasteiger partial charge in [-0.2, -0.15) is 13.2 Å². The predicted octanol–water partition coefficient (Wildman–Crippen LogP) is 2.77. The Bertz CT molecular complexity index is 440. The van der Waals surface area contributed by atoms with E-state index in [-0.39, 0.29) is 11.1 Å². The van der Waals surface area contributed by atoms with Crippen molar-refractivity contribution < 1.29 is 31.1 Å². The summed E-state index contributed by atoms with van der Waals surface area (Å²) in [5.41, 5.74) is 3.10. The molecule has 1 aromatic heterocycles. The molecule has 0 bridgehead atoms. The molecule has 1 aromatic rings. The molecule has 0 saturated heterocycles. The van der Waals surface area contributed by atoms with Crippen molar-refractivity contribution in [2.24, 2.45) is 5.73 Å². The maximum atomic E-state index is 12.5. The van der Waals surface area contributed by atoms with Crippen molar-refractivity contribution in [3.63, 3.8) is 0 Å². The fraction of sp³-hybridized carbons (Fsp3) is 0.444. The number of alkyl halides is 6. The minimum Gasteiger partial charge on any atom is -0.403 e. The second-order valence-corrected chi connectivity index (χ2v) is 3.35. The van der Waals surface area contributed by atoms with Crippen LogP contribution in [-0.4, -0.2) is 11.3 Å². The van der Waals surface area contributed by atoms with Crippen LogP contribution in [0.3, 0.4) is 0 Å². The van der Waals surface area contributed by atoms with Crippen molar-refractivity contribution in [1.29, 1.82) is 0 Å². The third kappa shape index (κ3) is 3.25. The van der Waals surface area contributed by atoms with Gasteiger partial charge in [0, 0.05) is 18.3 Å². The first-order valence-electron chi connectivity index (χ1n) is 4.57. The van der Waals surface area contributed by atoms with Crippen molar-refractivity contribution in [1.82, 2.24) is 4.98 Å². The summed E-state index contributed by atoms with van der Waals surface area (Å²) in [7, 11) is 0. The zero-order valence-corrected chi connectivity index (χ0v) is 8.99. The van der Waals surface area contributed by atoms with E-state index in [4.69, 9.17) is 5.73 Å². The molecule has 3 nitrogen and oxygen atoms in total. The van der Waals surface area contributed by atoms with Crippen LogP contribution in [-0.2, 0) is 12.7 Å². The molecule has 0 radical (unpaired) electrons. The molecule has 0 aliphatic rings. The van der Waals surface area contributed by atoms with Gasteiger partial charge in [-0.25, -0.2) is 4.98 Å². The zero-order chi connectivity index (χ0) is 14.1. The minimum atomic E-state index is -5.25. The van der Waals surface area contributed by atoms with E-state index in [0.29, 0.717) is 0 Å². The molecule has 0 aliphatic heterocycles. The number of hydrogen-bond acceptors (Lipinski definition) is 3. The Balaban J connectivity index is 3.45. The van der Waals surface area contributed by atoms with E-state index in [1.54, 1.807) is 0 Å². The Morgan fingerprint density at radius 2 is 1.78 bits per heavy atom. The summed E-state index contributed by atoms with van der Waals surface area (Å²) in [5, 5.41) is 0. The van der Waals surface area contributed by atoms with Gasteiger partial charge in [0.1, 0.15) is 0 Å². The largest absolute Gasteiger partial charge is 0.573 e. The second-order valence-electron chi connectivity index (χ2n) is 3.35. The number of nitrogens with two attached hydrogens (primary N) is 1. The van der Waals surface area contributed by atoms with Gasteiger partial charge < -0.3 is 10.5 Å². The number of pyridine rings is 1. The molecule has 9 heteroatoms. The molecular weight excluding hydrogens is 266 g/mol. The SMILES string of the molecule is Cc1cnc(C(F)(F)F)c(OC(F)(F)F)c1CN. The lowest BCUT2D eigenvalue weighted by molar-refractivity contribution is -0.276. The van der Waals surface area contributed by atoms with Gasteiger partial charge >= 0.3 is 12.5 Å². The lowest BCUT2D eigenvalue weighted by atomic mass is 10.1. The van der Waals surface area contributed by atoms with Crippen molar-refractivity contribution in [2.75, 3.05) is 0 Å². The zero-order valence-electron chi connectivity index (χ0n) is 8.99. The number of hydrogen-bond donors (Lipinski definition) is 1. The summed E-state index contributed by atoms with van der Waals surface area (Å²) in [6.45, 7) is 0.765.